The number of likely N-dealkylation sites (tertiary alicyclic amines) is 1. The van der Waals surface area contributed by atoms with E-state index in [9.17, 15) is 20.4 Å². The number of rotatable bonds is 10. The van der Waals surface area contributed by atoms with Crippen LogP contribution < -0.4 is 0 Å². The summed E-state index contributed by atoms with van der Waals surface area (Å²) < 4.78 is 0. The third-order valence-electron chi connectivity index (χ3n) is 4.38. The average molecular weight is 289 g/mol. The molecule has 1 heterocycles. The van der Waals surface area contributed by atoms with Crippen LogP contribution in [0.5, 0.6) is 0 Å². The van der Waals surface area contributed by atoms with E-state index in [1.165, 1.54) is 32.1 Å². The fourth-order valence-electron chi connectivity index (χ4n) is 3.10. The second-order valence-electron chi connectivity index (χ2n) is 5.84. The van der Waals surface area contributed by atoms with Crippen molar-refractivity contribution in [3.05, 3.63) is 0 Å². The molecule has 1 aliphatic heterocycles. The SMILES string of the molecule is CCCCCCCCCN1C(CO)[C@@H](O)[C@H](O)[C@H]1CO. The van der Waals surface area contributed by atoms with Crippen molar-refractivity contribution in [1.82, 2.24) is 4.90 Å². The summed E-state index contributed by atoms with van der Waals surface area (Å²) in [6.45, 7) is 2.53. The highest BCUT2D eigenvalue weighted by Gasteiger charge is 2.46. The van der Waals surface area contributed by atoms with Crippen molar-refractivity contribution < 1.29 is 20.4 Å². The molecule has 5 nitrogen and oxygen atoms in total. The van der Waals surface area contributed by atoms with Gasteiger partial charge in [0.15, 0.2) is 0 Å². The smallest absolute Gasteiger partial charge is 0.0992 e. The first kappa shape index (κ1) is 17.9. The third kappa shape index (κ3) is 4.67. The molecule has 1 aliphatic rings. The summed E-state index contributed by atoms with van der Waals surface area (Å²) in [5, 5.41) is 38.4. The van der Waals surface area contributed by atoms with Crippen molar-refractivity contribution >= 4 is 0 Å². The molecule has 0 aromatic heterocycles. The zero-order chi connectivity index (χ0) is 15.0. The molecule has 0 radical (unpaired) electrons. The van der Waals surface area contributed by atoms with Crippen LogP contribution in [0.25, 0.3) is 0 Å². The predicted molar refractivity (Wildman–Crippen MR) is 78.5 cm³/mol. The highest BCUT2D eigenvalue weighted by Crippen LogP contribution is 2.25. The molecule has 1 rings (SSSR count). The number of hydrogen-bond donors (Lipinski definition) is 4. The standard InChI is InChI=1S/C15H31NO4/c1-2-3-4-5-6-7-8-9-16-12(10-17)14(19)15(20)13(16)11-18/h12-15,17-20H,2-11H2,1H3/t12-,13?,14-,15-/m1/s1. The molecule has 1 fully saturated rings. The Morgan fingerprint density at radius 2 is 1.20 bits per heavy atom. The number of aliphatic hydroxyl groups is 4. The number of nitrogens with zero attached hydrogens (tertiary/aromatic N) is 1. The largest absolute Gasteiger partial charge is 0.395 e. The van der Waals surface area contributed by atoms with E-state index in [1.54, 1.807) is 0 Å². The van der Waals surface area contributed by atoms with Gasteiger partial charge in [-0.15, -0.1) is 0 Å². The maximum Gasteiger partial charge on any atom is 0.0992 e. The zero-order valence-corrected chi connectivity index (χ0v) is 12.6. The molecular formula is C15H31NO4. The molecule has 1 saturated heterocycles. The molecule has 20 heavy (non-hydrogen) atoms. The van der Waals surface area contributed by atoms with Crippen molar-refractivity contribution in [1.29, 1.82) is 0 Å². The molecule has 4 atom stereocenters. The first-order valence-electron chi connectivity index (χ1n) is 8.01. The Kier molecular flexibility index (Phi) is 8.64. The molecule has 120 valence electrons. The quantitative estimate of drug-likeness (QED) is 0.440. The summed E-state index contributed by atoms with van der Waals surface area (Å²) in [4.78, 5) is 1.86. The van der Waals surface area contributed by atoms with Gasteiger partial charge < -0.3 is 20.4 Å². The summed E-state index contributed by atoms with van der Waals surface area (Å²) in [5.41, 5.74) is 0. The molecule has 5 heteroatoms. The molecule has 0 aromatic rings. The third-order valence-corrected chi connectivity index (χ3v) is 4.38. The van der Waals surface area contributed by atoms with Crippen molar-refractivity contribution in [2.45, 2.75) is 76.2 Å². The van der Waals surface area contributed by atoms with E-state index in [-0.39, 0.29) is 13.2 Å². The molecule has 0 spiro atoms. The van der Waals surface area contributed by atoms with Crippen LogP contribution in [0.15, 0.2) is 0 Å². The first-order valence-corrected chi connectivity index (χ1v) is 8.01. The number of unbranched alkanes of at least 4 members (excludes halogenated alkanes) is 6. The minimum atomic E-state index is -0.971. The van der Waals surface area contributed by atoms with Gasteiger partial charge in [0, 0.05) is 0 Å². The lowest BCUT2D eigenvalue weighted by atomic mass is 10.1. The zero-order valence-electron chi connectivity index (χ0n) is 12.6. The van der Waals surface area contributed by atoms with Gasteiger partial charge in [-0.2, -0.15) is 0 Å². The van der Waals surface area contributed by atoms with Crippen LogP contribution in [0.2, 0.25) is 0 Å². The lowest BCUT2D eigenvalue weighted by molar-refractivity contribution is 0.0130. The summed E-state index contributed by atoms with van der Waals surface area (Å²) in [5.74, 6) is 0. The Hall–Kier alpha value is -0.200. The molecule has 0 saturated carbocycles. The molecule has 0 aliphatic carbocycles. The van der Waals surface area contributed by atoms with E-state index in [0.717, 1.165) is 12.8 Å². The Labute approximate surface area is 122 Å². The van der Waals surface area contributed by atoms with E-state index in [0.29, 0.717) is 6.54 Å². The predicted octanol–water partition coefficient (Wildman–Crippen LogP) is 0.496. The second-order valence-corrected chi connectivity index (χ2v) is 5.84. The molecule has 0 amide bonds. The monoisotopic (exact) mass is 289 g/mol. The molecular weight excluding hydrogens is 258 g/mol. The summed E-state index contributed by atoms with van der Waals surface area (Å²) in [6.07, 6.45) is 6.43. The Bertz CT molecular complexity index is 236. The molecule has 1 unspecified atom stereocenters. The van der Waals surface area contributed by atoms with Gasteiger partial charge in [0.05, 0.1) is 37.5 Å². The van der Waals surface area contributed by atoms with Gasteiger partial charge in [-0.1, -0.05) is 45.4 Å². The van der Waals surface area contributed by atoms with Crippen LogP contribution in [0.4, 0.5) is 0 Å². The maximum absolute atomic E-state index is 9.87. The van der Waals surface area contributed by atoms with Gasteiger partial charge in [-0.25, -0.2) is 0 Å². The van der Waals surface area contributed by atoms with Crippen molar-refractivity contribution in [3.8, 4) is 0 Å². The first-order chi connectivity index (χ1) is 9.67. The maximum atomic E-state index is 9.87. The van der Waals surface area contributed by atoms with E-state index in [1.807, 2.05) is 4.90 Å². The van der Waals surface area contributed by atoms with E-state index in [4.69, 9.17) is 0 Å². The average Bonchev–Trinajstić information content (AvgIpc) is 2.69. The van der Waals surface area contributed by atoms with E-state index < -0.39 is 24.3 Å². The number of hydrogen-bond acceptors (Lipinski definition) is 5. The topological polar surface area (TPSA) is 84.2 Å². The van der Waals surface area contributed by atoms with Crippen molar-refractivity contribution in [2.24, 2.45) is 0 Å². The Morgan fingerprint density at radius 1 is 0.750 bits per heavy atom. The Balaban J connectivity index is 2.29. The minimum Gasteiger partial charge on any atom is -0.395 e. The van der Waals surface area contributed by atoms with Crippen molar-refractivity contribution in [2.75, 3.05) is 19.8 Å². The fraction of sp³-hybridized carbons (Fsp3) is 1.00. The van der Waals surface area contributed by atoms with E-state index >= 15 is 0 Å². The van der Waals surface area contributed by atoms with Gasteiger partial charge in [0.25, 0.3) is 0 Å². The van der Waals surface area contributed by atoms with Crippen LogP contribution in [-0.2, 0) is 0 Å². The van der Waals surface area contributed by atoms with Gasteiger partial charge >= 0.3 is 0 Å². The minimum absolute atomic E-state index is 0.189. The van der Waals surface area contributed by atoms with E-state index in [2.05, 4.69) is 6.92 Å². The van der Waals surface area contributed by atoms with Crippen LogP contribution in [0.1, 0.15) is 51.9 Å². The Morgan fingerprint density at radius 3 is 1.65 bits per heavy atom. The van der Waals surface area contributed by atoms with Crippen LogP contribution in [-0.4, -0.2) is 69.4 Å². The van der Waals surface area contributed by atoms with Crippen LogP contribution in [0.3, 0.4) is 0 Å². The summed E-state index contributed by atoms with van der Waals surface area (Å²) >= 11 is 0. The van der Waals surface area contributed by atoms with Gasteiger partial charge in [-0.05, 0) is 13.0 Å². The lowest BCUT2D eigenvalue weighted by Gasteiger charge is -2.28. The normalized spacial score (nSPS) is 31.1. The highest BCUT2D eigenvalue weighted by molar-refractivity contribution is 5.00. The summed E-state index contributed by atoms with van der Waals surface area (Å²) in [7, 11) is 0. The second kappa shape index (κ2) is 9.68. The summed E-state index contributed by atoms with van der Waals surface area (Å²) in [6, 6.07) is -0.913. The van der Waals surface area contributed by atoms with Crippen LogP contribution in [0, 0.1) is 0 Å². The lowest BCUT2D eigenvalue weighted by Crippen LogP contribution is -2.43. The molecule has 4 N–H and O–H groups in total. The molecule has 0 bridgehead atoms. The van der Waals surface area contributed by atoms with Crippen LogP contribution >= 0.6 is 0 Å². The fourth-order valence-corrected chi connectivity index (χ4v) is 3.10. The highest BCUT2D eigenvalue weighted by atomic mass is 16.3. The molecule has 0 aromatic carbocycles. The van der Waals surface area contributed by atoms with Gasteiger partial charge in [0.1, 0.15) is 0 Å². The van der Waals surface area contributed by atoms with Gasteiger partial charge in [0.2, 0.25) is 0 Å². The van der Waals surface area contributed by atoms with Gasteiger partial charge in [-0.3, -0.25) is 4.90 Å². The number of aliphatic hydroxyl groups excluding tert-OH is 4. The van der Waals surface area contributed by atoms with Crippen molar-refractivity contribution in [3.63, 3.8) is 0 Å².